The van der Waals surface area contributed by atoms with Crippen molar-refractivity contribution in [1.29, 1.82) is 0 Å². The van der Waals surface area contributed by atoms with Crippen LogP contribution in [0, 0.1) is 0 Å². The molecule has 0 fully saturated rings. The van der Waals surface area contributed by atoms with Crippen molar-refractivity contribution in [3.63, 3.8) is 0 Å². The van der Waals surface area contributed by atoms with Gasteiger partial charge in [0.05, 0.1) is 20.0 Å². The first-order chi connectivity index (χ1) is 10.9. The molecule has 2 amide bonds. The Balaban J connectivity index is 2.51. The molecule has 0 spiro atoms. The van der Waals surface area contributed by atoms with Crippen LogP contribution in [0.1, 0.15) is 12.8 Å². The van der Waals surface area contributed by atoms with Crippen LogP contribution in [0.4, 0.5) is 10.5 Å². The topological polar surface area (TPSA) is 95.9 Å². The number of anilines is 1. The number of carbonyl (C=O) groups excluding carboxylic acids is 2. The van der Waals surface area contributed by atoms with E-state index in [0.717, 1.165) is 4.90 Å². The maximum absolute atomic E-state index is 11.9. The van der Waals surface area contributed by atoms with Crippen LogP contribution < -0.4 is 5.32 Å². The second kappa shape index (κ2) is 9.73. The molecule has 0 atom stereocenters. The van der Waals surface area contributed by atoms with E-state index in [1.807, 2.05) is 6.07 Å². The number of amides is 2. The average molecular weight is 340 g/mol. The van der Waals surface area contributed by atoms with Crippen molar-refractivity contribution in [2.24, 2.45) is 0 Å². The third-order valence-electron chi connectivity index (χ3n) is 2.90. The lowest BCUT2D eigenvalue weighted by Crippen LogP contribution is -2.33. The number of carboxylic acid groups (broad SMARTS) is 1. The Labute approximate surface area is 139 Å². The summed E-state index contributed by atoms with van der Waals surface area (Å²) in [6.45, 7) is 0.134. The first-order valence-electron chi connectivity index (χ1n) is 6.96. The highest BCUT2D eigenvalue weighted by molar-refractivity contribution is 7.99. The van der Waals surface area contributed by atoms with E-state index in [9.17, 15) is 14.4 Å². The molecule has 0 saturated heterocycles. The Morgan fingerprint density at radius 2 is 2.04 bits per heavy atom. The smallest absolute Gasteiger partial charge is 0.321 e. The lowest BCUT2D eigenvalue weighted by atomic mass is 10.3. The highest BCUT2D eigenvalue weighted by Gasteiger charge is 2.10. The van der Waals surface area contributed by atoms with Crippen molar-refractivity contribution in [3.05, 3.63) is 24.3 Å². The predicted octanol–water partition coefficient (Wildman–Crippen LogP) is 2.28. The fourth-order valence-electron chi connectivity index (χ4n) is 1.60. The van der Waals surface area contributed by atoms with E-state index in [2.05, 4.69) is 10.1 Å². The van der Waals surface area contributed by atoms with E-state index < -0.39 is 5.97 Å². The maximum atomic E-state index is 11.9. The number of aliphatic carboxylic acids is 1. The molecule has 0 heterocycles. The lowest BCUT2D eigenvalue weighted by Gasteiger charge is -2.17. The summed E-state index contributed by atoms with van der Waals surface area (Å²) >= 11 is 1.48. The van der Waals surface area contributed by atoms with Crippen molar-refractivity contribution in [2.75, 3.05) is 31.8 Å². The molecule has 0 aromatic heterocycles. The van der Waals surface area contributed by atoms with Crippen LogP contribution in [0.25, 0.3) is 0 Å². The fraction of sp³-hybridized carbons (Fsp3) is 0.400. The Hall–Kier alpha value is -2.22. The van der Waals surface area contributed by atoms with Gasteiger partial charge < -0.3 is 20.1 Å². The Morgan fingerprint density at radius 3 is 2.70 bits per heavy atom. The number of nitrogens with zero attached hydrogens (tertiary/aromatic N) is 1. The highest BCUT2D eigenvalue weighted by atomic mass is 32.2. The van der Waals surface area contributed by atoms with Gasteiger partial charge in [0.25, 0.3) is 0 Å². The molecule has 23 heavy (non-hydrogen) atoms. The highest BCUT2D eigenvalue weighted by Crippen LogP contribution is 2.22. The number of hydrogen-bond donors (Lipinski definition) is 2. The van der Waals surface area contributed by atoms with E-state index in [0.29, 0.717) is 17.9 Å². The van der Waals surface area contributed by atoms with Gasteiger partial charge in [-0.3, -0.25) is 9.59 Å². The number of benzene rings is 1. The van der Waals surface area contributed by atoms with Crippen LogP contribution in [-0.4, -0.2) is 54.4 Å². The molecular weight excluding hydrogens is 320 g/mol. The van der Waals surface area contributed by atoms with Gasteiger partial charge in [-0.05, 0) is 18.2 Å². The molecule has 0 aliphatic carbocycles. The number of hydrogen-bond acceptors (Lipinski definition) is 5. The molecule has 1 aromatic carbocycles. The number of nitrogens with one attached hydrogen (secondary N) is 1. The van der Waals surface area contributed by atoms with Gasteiger partial charge in [-0.25, -0.2) is 4.79 Å². The van der Waals surface area contributed by atoms with Crippen LogP contribution in [0.5, 0.6) is 0 Å². The number of carbonyl (C=O) groups is 3. The van der Waals surface area contributed by atoms with E-state index in [1.54, 1.807) is 18.2 Å². The summed E-state index contributed by atoms with van der Waals surface area (Å²) in [5.41, 5.74) is 0.611. The largest absolute Gasteiger partial charge is 0.481 e. The third-order valence-corrected chi connectivity index (χ3v) is 3.89. The number of esters is 1. The maximum Gasteiger partial charge on any atom is 0.321 e. The molecule has 1 rings (SSSR count). The van der Waals surface area contributed by atoms with Crippen molar-refractivity contribution < 1.29 is 24.2 Å². The molecule has 8 heteroatoms. The number of methoxy groups -OCH3 is 1. The minimum Gasteiger partial charge on any atom is -0.481 e. The van der Waals surface area contributed by atoms with Gasteiger partial charge in [0.2, 0.25) is 0 Å². The Morgan fingerprint density at radius 1 is 1.30 bits per heavy atom. The summed E-state index contributed by atoms with van der Waals surface area (Å²) in [7, 11) is 2.89. The predicted molar refractivity (Wildman–Crippen MR) is 87.7 cm³/mol. The summed E-state index contributed by atoms with van der Waals surface area (Å²) in [6.07, 6.45) is 0.211. The van der Waals surface area contributed by atoms with Crippen molar-refractivity contribution in [1.82, 2.24) is 4.90 Å². The Kier molecular flexibility index (Phi) is 7.96. The number of ether oxygens (including phenoxy) is 1. The molecule has 0 saturated carbocycles. The number of thioether (sulfide) groups is 1. The summed E-state index contributed by atoms with van der Waals surface area (Å²) in [5, 5.41) is 11.3. The van der Waals surface area contributed by atoms with Crippen molar-refractivity contribution in [3.8, 4) is 0 Å². The first kappa shape index (κ1) is 18.8. The van der Waals surface area contributed by atoms with Crippen LogP contribution >= 0.6 is 11.8 Å². The molecule has 0 unspecified atom stereocenters. The molecule has 7 nitrogen and oxygen atoms in total. The third kappa shape index (κ3) is 7.55. The monoisotopic (exact) mass is 340 g/mol. The quantitative estimate of drug-likeness (QED) is 0.557. The molecule has 0 aliphatic heterocycles. The van der Waals surface area contributed by atoms with E-state index in [4.69, 9.17) is 5.11 Å². The molecule has 1 aromatic rings. The second-order valence-corrected chi connectivity index (χ2v) is 5.87. The number of urea groups is 1. The average Bonchev–Trinajstić information content (AvgIpc) is 2.52. The summed E-state index contributed by atoms with van der Waals surface area (Å²) in [6, 6.07) is 6.85. The number of carboxylic acids is 1. The fourth-order valence-corrected chi connectivity index (χ4v) is 2.49. The minimum atomic E-state index is -0.950. The zero-order chi connectivity index (χ0) is 17.2. The first-order valence-corrected chi connectivity index (χ1v) is 7.94. The zero-order valence-electron chi connectivity index (χ0n) is 13.1. The second-order valence-electron chi connectivity index (χ2n) is 4.70. The van der Waals surface area contributed by atoms with Crippen LogP contribution in [-0.2, 0) is 14.3 Å². The molecule has 2 N–H and O–H groups in total. The van der Waals surface area contributed by atoms with Gasteiger partial charge in [0, 0.05) is 29.9 Å². The SMILES string of the molecule is COC(=O)CCSc1cccc(NC(=O)N(C)CCC(=O)O)c1. The number of rotatable bonds is 8. The van der Waals surface area contributed by atoms with Crippen molar-refractivity contribution >= 4 is 35.4 Å². The molecular formula is C15H20N2O5S. The lowest BCUT2D eigenvalue weighted by molar-refractivity contribution is -0.140. The van der Waals surface area contributed by atoms with Gasteiger partial charge in [-0.15, -0.1) is 11.8 Å². The summed E-state index contributed by atoms with van der Waals surface area (Å²) < 4.78 is 4.57. The van der Waals surface area contributed by atoms with Crippen molar-refractivity contribution in [2.45, 2.75) is 17.7 Å². The summed E-state index contributed by atoms with van der Waals surface area (Å²) in [4.78, 5) is 35.7. The molecule has 0 bridgehead atoms. The van der Waals surface area contributed by atoms with E-state index in [-0.39, 0.29) is 25.0 Å². The van der Waals surface area contributed by atoms with Crippen LogP contribution in [0.3, 0.4) is 0 Å². The standard InChI is InChI=1S/C15H20N2O5S/c1-17(8-6-13(18)19)15(21)16-11-4-3-5-12(10-11)23-9-7-14(20)22-2/h3-5,10H,6-9H2,1-2H3,(H,16,21)(H,18,19). The Bertz CT molecular complexity index is 565. The van der Waals surface area contributed by atoms with Crippen LogP contribution in [0.2, 0.25) is 0 Å². The zero-order valence-corrected chi connectivity index (χ0v) is 13.9. The van der Waals surface area contributed by atoms with Gasteiger partial charge in [0.15, 0.2) is 0 Å². The van der Waals surface area contributed by atoms with Gasteiger partial charge in [-0.1, -0.05) is 6.07 Å². The van der Waals surface area contributed by atoms with Gasteiger partial charge >= 0.3 is 18.0 Å². The van der Waals surface area contributed by atoms with E-state index >= 15 is 0 Å². The molecule has 0 radical (unpaired) electrons. The molecule has 0 aliphatic rings. The van der Waals surface area contributed by atoms with Gasteiger partial charge in [0.1, 0.15) is 0 Å². The normalized spacial score (nSPS) is 10.0. The summed E-state index contributed by atoms with van der Waals surface area (Å²) in [5.74, 6) is -0.626. The van der Waals surface area contributed by atoms with Gasteiger partial charge in [-0.2, -0.15) is 0 Å². The van der Waals surface area contributed by atoms with Crippen LogP contribution in [0.15, 0.2) is 29.2 Å². The van der Waals surface area contributed by atoms with E-state index in [1.165, 1.54) is 30.8 Å². The minimum absolute atomic E-state index is 0.104. The molecule has 126 valence electrons.